The lowest BCUT2D eigenvalue weighted by molar-refractivity contribution is -0.218. The lowest BCUT2D eigenvalue weighted by Gasteiger charge is -2.72. The molecular weight excluding hydrogens is 645 g/mol. The highest BCUT2D eigenvalue weighted by atomic mass is 32.2. The number of sulfone groups is 1. The Morgan fingerprint density at radius 3 is 2.22 bits per heavy atom. The molecule has 2 N–H and O–H groups in total. The Labute approximate surface area is 301 Å². The van der Waals surface area contributed by atoms with Crippen LogP contribution in [0.4, 0.5) is 0 Å². The highest BCUT2D eigenvalue weighted by Crippen LogP contribution is 2.76. The molecule has 6 aliphatic rings. The molecule has 7 rings (SSSR count). The van der Waals surface area contributed by atoms with Gasteiger partial charge in [-0.25, -0.2) is 13.2 Å². The summed E-state index contributed by atoms with van der Waals surface area (Å²) in [5.41, 5.74) is 1.99. The van der Waals surface area contributed by atoms with Gasteiger partial charge in [0.05, 0.1) is 17.1 Å². The van der Waals surface area contributed by atoms with E-state index in [1.54, 1.807) is 12.1 Å². The van der Waals surface area contributed by atoms with Crippen LogP contribution in [0, 0.1) is 57.2 Å². The maximum absolute atomic E-state index is 14.7. The van der Waals surface area contributed by atoms with Crippen LogP contribution in [-0.4, -0.2) is 73.4 Å². The van der Waals surface area contributed by atoms with Gasteiger partial charge in [-0.05, 0) is 132 Å². The van der Waals surface area contributed by atoms with E-state index in [0.29, 0.717) is 42.7 Å². The Morgan fingerprint density at radius 1 is 0.900 bits per heavy atom. The topological polar surface area (TPSA) is 104 Å². The summed E-state index contributed by atoms with van der Waals surface area (Å²) in [6, 6.07) is 7.10. The number of hydrogen-bond acceptors (Lipinski definition) is 6. The van der Waals surface area contributed by atoms with Crippen LogP contribution >= 0.6 is 0 Å². The smallest absolute Gasteiger partial charge is 0.335 e. The minimum absolute atomic E-state index is 0.0664. The maximum Gasteiger partial charge on any atom is 0.335 e. The highest BCUT2D eigenvalue weighted by molar-refractivity contribution is 7.91. The summed E-state index contributed by atoms with van der Waals surface area (Å²) in [4.78, 5) is 28.6. The summed E-state index contributed by atoms with van der Waals surface area (Å²) < 4.78 is 24.1. The van der Waals surface area contributed by atoms with E-state index in [0.717, 1.165) is 43.5 Å². The second-order valence-electron chi connectivity index (χ2n) is 19.0. The van der Waals surface area contributed by atoms with Crippen molar-refractivity contribution in [1.29, 1.82) is 0 Å². The SMILES string of the molecule is CC(C)[C@@H]1CC[C@]2(NCCN3CCS(=O)(=O)CC3)CC[C@]3(C)[C@H](CC[C@@H]4[C@@]5(C)C(=O)C=C(c6ccc(C(=O)O)cc6)C(C)(C)[C@@H]5CC[C@]43C)[C@@H]12. The molecule has 1 aliphatic heterocycles. The van der Waals surface area contributed by atoms with E-state index in [2.05, 4.69) is 58.7 Å². The van der Waals surface area contributed by atoms with Gasteiger partial charge in [0, 0.05) is 37.1 Å². The molecule has 8 heteroatoms. The van der Waals surface area contributed by atoms with Gasteiger partial charge in [0.2, 0.25) is 0 Å². The molecule has 5 fully saturated rings. The molecule has 1 aromatic rings. The van der Waals surface area contributed by atoms with Crippen molar-refractivity contribution in [2.45, 2.75) is 105 Å². The summed E-state index contributed by atoms with van der Waals surface area (Å²) in [5.74, 6) is 3.01. The summed E-state index contributed by atoms with van der Waals surface area (Å²) in [5, 5.41) is 13.7. The van der Waals surface area contributed by atoms with Crippen LogP contribution < -0.4 is 5.32 Å². The number of aromatic carboxylic acids is 1. The maximum atomic E-state index is 14.7. The van der Waals surface area contributed by atoms with Gasteiger partial charge in [0.25, 0.3) is 0 Å². The quantitative estimate of drug-likeness (QED) is 0.305. The first kappa shape index (κ1) is 36.3. The molecule has 5 aliphatic carbocycles. The fourth-order valence-electron chi connectivity index (χ4n) is 13.7. The van der Waals surface area contributed by atoms with Crippen molar-refractivity contribution in [2.24, 2.45) is 57.2 Å². The number of nitrogens with zero attached hydrogens (tertiary/aromatic N) is 1. The number of benzene rings is 1. The molecule has 0 spiro atoms. The third-order valence-electron chi connectivity index (χ3n) is 16.6. The fourth-order valence-corrected chi connectivity index (χ4v) is 15.0. The van der Waals surface area contributed by atoms with Crippen molar-refractivity contribution in [3.63, 3.8) is 0 Å². The van der Waals surface area contributed by atoms with Crippen LogP contribution in [0.5, 0.6) is 0 Å². The summed E-state index contributed by atoms with van der Waals surface area (Å²) in [6.07, 6.45) is 11.3. The molecule has 7 nitrogen and oxygen atoms in total. The number of carboxylic acid groups (broad SMARTS) is 1. The van der Waals surface area contributed by atoms with Crippen molar-refractivity contribution >= 4 is 27.2 Å². The third kappa shape index (κ3) is 5.34. The van der Waals surface area contributed by atoms with E-state index in [1.807, 2.05) is 18.2 Å². The first-order chi connectivity index (χ1) is 23.4. The average molecular weight is 707 g/mol. The molecule has 0 amide bonds. The largest absolute Gasteiger partial charge is 0.478 e. The van der Waals surface area contributed by atoms with Gasteiger partial charge in [0.1, 0.15) is 0 Å². The van der Waals surface area contributed by atoms with E-state index >= 15 is 0 Å². The number of fused-ring (bicyclic) bond motifs is 7. The van der Waals surface area contributed by atoms with Crippen molar-refractivity contribution in [3.05, 3.63) is 41.5 Å². The number of carboxylic acids is 1. The number of allylic oxidation sites excluding steroid dienone is 2. The minimum atomic E-state index is -2.88. The Kier molecular flexibility index (Phi) is 8.91. The van der Waals surface area contributed by atoms with Gasteiger partial charge in [0.15, 0.2) is 15.6 Å². The normalized spacial score (nSPS) is 42.2. The van der Waals surface area contributed by atoms with Crippen LogP contribution in [0.1, 0.15) is 116 Å². The second kappa shape index (κ2) is 12.3. The number of carbonyl (C=O) groups is 2. The summed E-state index contributed by atoms with van der Waals surface area (Å²) in [6.45, 7) is 20.2. The monoisotopic (exact) mass is 706 g/mol. The molecule has 0 radical (unpaired) electrons. The van der Waals surface area contributed by atoms with Crippen LogP contribution in [0.15, 0.2) is 30.3 Å². The highest BCUT2D eigenvalue weighted by Gasteiger charge is 2.72. The molecule has 4 saturated carbocycles. The van der Waals surface area contributed by atoms with E-state index in [-0.39, 0.29) is 50.6 Å². The fraction of sp³-hybridized carbons (Fsp3) is 0.762. The lowest BCUT2D eigenvalue weighted by atomic mass is 9.32. The Balaban J connectivity index is 1.17. The van der Waals surface area contributed by atoms with Crippen molar-refractivity contribution in [1.82, 2.24) is 10.2 Å². The first-order valence-electron chi connectivity index (χ1n) is 19.7. The average Bonchev–Trinajstić information content (AvgIpc) is 3.44. The van der Waals surface area contributed by atoms with Crippen LogP contribution in [0.25, 0.3) is 5.57 Å². The molecule has 0 bridgehead atoms. The van der Waals surface area contributed by atoms with Gasteiger partial charge in [-0.2, -0.15) is 0 Å². The Morgan fingerprint density at radius 2 is 1.58 bits per heavy atom. The lowest BCUT2D eigenvalue weighted by Crippen LogP contribution is -2.69. The second-order valence-corrected chi connectivity index (χ2v) is 21.3. The zero-order valence-corrected chi connectivity index (χ0v) is 32.5. The summed E-state index contributed by atoms with van der Waals surface area (Å²) >= 11 is 0. The number of ketones is 1. The third-order valence-corrected chi connectivity index (χ3v) is 18.2. The minimum Gasteiger partial charge on any atom is -0.478 e. The number of rotatable bonds is 7. The van der Waals surface area contributed by atoms with Gasteiger partial charge >= 0.3 is 5.97 Å². The molecule has 276 valence electrons. The number of hydrogen-bond donors (Lipinski definition) is 2. The van der Waals surface area contributed by atoms with Crippen molar-refractivity contribution in [3.8, 4) is 0 Å². The van der Waals surface area contributed by atoms with E-state index in [9.17, 15) is 23.1 Å². The predicted octanol–water partition coefficient (Wildman–Crippen LogP) is 7.37. The van der Waals surface area contributed by atoms with E-state index in [4.69, 9.17) is 0 Å². The molecule has 0 aromatic heterocycles. The van der Waals surface area contributed by atoms with Gasteiger partial charge < -0.3 is 15.3 Å². The number of carbonyl (C=O) groups excluding carboxylic acids is 1. The molecule has 1 heterocycles. The van der Waals surface area contributed by atoms with Gasteiger partial charge in [-0.3, -0.25) is 4.79 Å². The zero-order chi connectivity index (χ0) is 36.1. The van der Waals surface area contributed by atoms with Crippen LogP contribution in [-0.2, 0) is 14.6 Å². The van der Waals surface area contributed by atoms with E-state index < -0.39 is 21.2 Å². The Bertz CT molecular complexity index is 1650. The molecule has 50 heavy (non-hydrogen) atoms. The number of nitrogens with one attached hydrogen (secondary N) is 1. The van der Waals surface area contributed by atoms with Gasteiger partial charge in [-0.15, -0.1) is 0 Å². The molecular formula is C42H62N2O5S. The zero-order valence-electron chi connectivity index (χ0n) is 31.7. The van der Waals surface area contributed by atoms with E-state index in [1.165, 1.54) is 32.1 Å². The van der Waals surface area contributed by atoms with Gasteiger partial charge in [-0.1, -0.05) is 60.6 Å². The molecule has 9 atom stereocenters. The molecule has 1 saturated heterocycles. The first-order valence-corrected chi connectivity index (χ1v) is 21.5. The van der Waals surface area contributed by atoms with Crippen LogP contribution in [0.2, 0.25) is 0 Å². The standard InChI is InChI=1S/C42H62N2O5S/c1-27(2)30-14-17-42(43-20-21-44-22-24-50(48,49)25-23-44)19-18-39(5)31(36(30)42)12-13-34-40(39,6)16-15-33-38(3,4)32(26-35(45)41(33,34)7)28-8-10-29(11-9-28)37(46)47/h8-11,26-27,30-31,33-34,36,43H,12-25H2,1-7H3,(H,46,47)/t30-,31+,33-,34-,36+,39+,40+,41-,42-/m0/s1. The molecule has 1 aromatic carbocycles. The summed E-state index contributed by atoms with van der Waals surface area (Å²) in [7, 11) is -2.88. The van der Waals surface area contributed by atoms with Crippen LogP contribution in [0.3, 0.4) is 0 Å². The Hall–Kier alpha value is -2.03. The van der Waals surface area contributed by atoms with Crippen molar-refractivity contribution < 1.29 is 23.1 Å². The van der Waals surface area contributed by atoms with Crippen molar-refractivity contribution in [2.75, 3.05) is 37.7 Å². The predicted molar refractivity (Wildman–Crippen MR) is 200 cm³/mol. The molecule has 0 unspecified atom stereocenters.